The molecule has 2 aliphatic rings. The van der Waals surface area contributed by atoms with Crippen LogP contribution >= 0.6 is 0 Å². The van der Waals surface area contributed by atoms with E-state index in [2.05, 4.69) is 0 Å². The molecule has 2 aliphatic heterocycles. The van der Waals surface area contributed by atoms with Gasteiger partial charge in [-0.25, -0.2) is 9.96 Å². The van der Waals surface area contributed by atoms with Gasteiger partial charge in [-0.1, -0.05) is 55.5 Å². The molecule has 0 aromatic heterocycles. The van der Waals surface area contributed by atoms with Crippen LogP contribution in [-0.2, 0) is 24.5 Å². The maximum atomic E-state index is 13.9. The number of hydrogen-bond donors (Lipinski definition) is 0. The van der Waals surface area contributed by atoms with Crippen LogP contribution in [0.4, 0.5) is 11.4 Å². The topological polar surface area (TPSA) is 102 Å². The zero-order chi connectivity index (χ0) is 29.3. The van der Waals surface area contributed by atoms with Crippen molar-refractivity contribution in [3.05, 3.63) is 115 Å². The molecule has 6 rings (SSSR count). The van der Waals surface area contributed by atoms with Crippen LogP contribution in [0.25, 0.3) is 0 Å². The third kappa shape index (κ3) is 5.10. The number of hydroxylamine groups is 1. The predicted molar refractivity (Wildman–Crippen MR) is 155 cm³/mol. The largest absolute Gasteiger partial charge is 0.494 e. The summed E-state index contributed by atoms with van der Waals surface area (Å²) >= 11 is 0. The van der Waals surface area contributed by atoms with E-state index in [4.69, 9.17) is 13.8 Å². The molecule has 10 heteroatoms. The number of carbonyl (C=O) groups excluding carboxylic acids is 2. The number of hydrogen-bond acceptors (Lipinski definition) is 8. The van der Waals surface area contributed by atoms with E-state index < -0.39 is 34.1 Å². The number of rotatable bonds is 9. The van der Waals surface area contributed by atoms with Crippen molar-refractivity contribution in [3.8, 4) is 11.5 Å². The Balaban J connectivity index is 1.30. The van der Waals surface area contributed by atoms with Gasteiger partial charge in [0.05, 0.1) is 24.0 Å². The average molecular weight is 585 g/mol. The number of benzene rings is 4. The number of imide groups is 1. The summed E-state index contributed by atoms with van der Waals surface area (Å²) in [5.41, 5.74) is 1.77. The summed E-state index contributed by atoms with van der Waals surface area (Å²) in [7, 11) is -4.03. The molecule has 2 saturated heterocycles. The summed E-state index contributed by atoms with van der Waals surface area (Å²) in [5.74, 6) is -0.910. The number of nitrogens with zero attached hydrogens (tertiary/aromatic N) is 2. The molecular formula is C32H28N2O7S. The van der Waals surface area contributed by atoms with E-state index in [1.807, 2.05) is 37.3 Å². The lowest BCUT2D eigenvalue weighted by Gasteiger charge is -2.28. The summed E-state index contributed by atoms with van der Waals surface area (Å²) in [6, 6.07) is 29.7. The maximum absolute atomic E-state index is 13.9. The zero-order valence-corrected chi connectivity index (χ0v) is 23.5. The Morgan fingerprint density at radius 2 is 1.36 bits per heavy atom. The van der Waals surface area contributed by atoms with Crippen LogP contribution in [-0.4, -0.2) is 32.9 Å². The molecule has 0 radical (unpaired) electrons. The average Bonchev–Trinajstić information content (AvgIpc) is 3.53. The Hall–Kier alpha value is -4.67. The monoisotopic (exact) mass is 584 g/mol. The second-order valence-electron chi connectivity index (χ2n) is 9.93. The van der Waals surface area contributed by atoms with Crippen LogP contribution in [0, 0.1) is 5.92 Å². The van der Waals surface area contributed by atoms with Crippen molar-refractivity contribution < 1.29 is 31.8 Å². The Kier molecular flexibility index (Phi) is 7.40. The fourth-order valence-electron chi connectivity index (χ4n) is 5.20. The van der Waals surface area contributed by atoms with E-state index in [-0.39, 0.29) is 16.6 Å². The first kappa shape index (κ1) is 27.5. The number of ether oxygens (including phenoxy) is 1. The van der Waals surface area contributed by atoms with Gasteiger partial charge in [0, 0.05) is 0 Å². The minimum Gasteiger partial charge on any atom is -0.494 e. The van der Waals surface area contributed by atoms with Gasteiger partial charge in [-0.05, 0) is 72.6 Å². The zero-order valence-electron chi connectivity index (χ0n) is 22.7. The molecule has 0 spiro atoms. The van der Waals surface area contributed by atoms with Gasteiger partial charge in [0.2, 0.25) is 5.91 Å². The number of carbonyl (C=O) groups is 2. The van der Waals surface area contributed by atoms with Crippen LogP contribution in [0.15, 0.2) is 114 Å². The standard InChI is InChI=1S/C32H28N2O7S/c1-2-21-39-25-19-15-23(16-20-25)33-31(35)28-29(34(40-30(28)32(33)36)24-9-5-3-6-10-24)22-13-17-26(18-14-22)41-42(37,38)27-11-7-4-8-12-27/h3-20,28-30H,2,21H2,1H3. The fourth-order valence-corrected chi connectivity index (χ4v) is 6.15. The second-order valence-corrected chi connectivity index (χ2v) is 11.5. The third-order valence-corrected chi connectivity index (χ3v) is 8.41. The molecule has 2 amide bonds. The van der Waals surface area contributed by atoms with E-state index in [1.165, 1.54) is 24.3 Å². The molecule has 0 N–H and O–H groups in total. The summed E-state index contributed by atoms with van der Waals surface area (Å²) in [5, 5.41) is 1.58. The van der Waals surface area contributed by atoms with Crippen molar-refractivity contribution in [2.45, 2.75) is 30.4 Å². The van der Waals surface area contributed by atoms with Crippen LogP contribution < -0.4 is 18.9 Å². The van der Waals surface area contributed by atoms with E-state index in [9.17, 15) is 18.0 Å². The van der Waals surface area contributed by atoms with Crippen molar-refractivity contribution >= 4 is 33.3 Å². The van der Waals surface area contributed by atoms with Gasteiger partial charge >= 0.3 is 10.1 Å². The smallest absolute Gasteiger partial charge is 0.339 e. The highest BCUT2D eigenvalue weighted by Crippen LogP contribution is 2.47. The molecule has 4 aromatic rings. The number of anilines is 2. The van der Waals surface area contributed by atoms with Crippen molar-refractivity contribution in [1.29, 1.82) is 0 Å². The minimum absolute atomic E-state index is 0.0384. The molecule has 9 nitrogen and oxygen atoms in total. The molecular weight excluding hydrogens is 556 g/mol. The lowest BCUT2D eigenvalue weighted by molar-refractivity contribution is -0.126. The molecule has 4 aromatic carbocycles. The summed E-state index contributed by atoms with van der Waals surface area (Å²) in [4.78, 5) is 34.9. The van der Waals surface area contributed by atoms with Crippen LogP contribution in [0.2, 0.25) is 0 Å². The highest BCUT2D eigenvalue weighted by molar-refractivity contribution is 7.87. The summed E-state index contributed by atoms with van der Waals surface area (Å²) < 4.78 is 36.4. The number of para-hydroxylation sites is 1. The molecule has 0 aliphatic carbocycles. The first-order chi connectivity index (χ1) is 20.4. The van der Waals surface area contributed by atoms with Crippen molar-refractivity contribution in [2.75, 3.05) is 16.6 Å². The van der Waals surface area contributed by atoms with Gasteiger partial charge in [-0.2, -0.15) is 8.42 Å². The highest BCUT2D eigenvalue weighted by atomic mass is 32.2. The molecule has 0 saturated carbocycles. The number of fused-ring (bicyclic) bond motifs is 1. The first-order valence-electron chi connectivity index (χ1n) is 13.6. The molecule has 3 atom stereocenters. The maximum Gasteiger partial charge on any atom is 0.339 e. The Labute approximate surface area is 243 Å². The lowest BCUT2D eigenvalue weighted by atomic mass is 9.90. The van der Waals surface area contributed by atoms with Gasteiger partial charge in [-0.3, -0.25) is 14.4 Å². The third-order valence-electron chi connectivity index (χ3n) is 7.15. The second kappa shape index (κ2) is 11.3. The predicted octanol–water partition coefficient (Wildman–Crippen LogP) is 5.29. The van der Waals surface area contributed by atoms with Gasteiger partial charge in [0.15, 0.2) is 6.10 Å². The van der Waals surface area contributed by atoms with Gasteiger partial charge in [-0.15, -0.1) is 0 Å². The number of amides is 2. The quantitative estimate of drug-likeness (QED) is 0.193. The molecule has 3 unspecified atom stereocenters. The van der Waals surface area contributed by atoms with Crippen LogP contribution in [0.1, 0.15) is 24.9 Å². The summed E-state index contributed by atoms with van der Waals surface area (Å²) in [6.07, 6.45) is -0.172. The van der Waals surface area contributed by atoms with Gasteiger partial charge in [0.25, 0.3) is 5.91 Å². The molecule has 2 heterocycles. The van der Waals surface area contributed by atoms with Crippen molar-refractivity contribution in [3.63, 3.8) is 0 Å². The highest BCUT2D eigenvalue weighted by Gasteiger charge is 2.60. The van der Waals surface area contributed by atoms with E-state index in [0.717, 1.165) is 11.3 Å². The fraction of sp³-hybridized carbons (Fsp3) is 0.188. The van der Waals surface area contributed by atoms with Gasteiger partial charge < -0.3 is 8.92 Å². The molecule has 2 fully saturated rings. The van der Waals surface area contributed by atoms with E-state index >= 15 is 0 Å². The van der Waals surface area contributed by atoms with Crippen molar-refractivity contribution in [2.24, 2.45) is 5.92 Å². The molecule has 0 bridgehead atoms. The Morgan fingerprint density at radius 1 is 0.738 bits per heavy atom. The first-order valence-corrected chi connectivity index (χ1v) is 15.0. The minimum atomic E-state index is -4.03. The van der Waals surface area contributed by atoms with Crippen molar-refractivity contribution in [1.82, 2.24) is 0 Å². The Bertz CT molecular complexity index is 1680. The molecule has 42 heavy (non-hydrogen) atoms. The Morgan fingerprint density at radius 3 is 2.00 bits per heavy atom. The van der Waals surface area contributed by atoms with Crippen LogP contribution in [0.3, 0.4) is 0 Å². The van der Waals surface area contributed by atoms with Gasteiger partial charge in [0.1, 0.15) is 22.3 Å². The van der Waals surface area contributed by atoms with E-state index in [1.54, 1.807) is 59.7 Å². The molecule has 214 valence electrons. The lowest BCUT2D eigenvalue weighted by Crippen LogP contribution is -2.37. The van der Waals surface area contributed by atoms with E-state index in [0.29, 0.717) is 29.3 Å². The SMILES string of the molecule is CCCOc1ccc(N2C(=O)C3ON(c4ccccc4)C(c4ccc(OS(=O)(=O)c5ccccc5)cc4)C3C2=O)cc1. The normalized spacial score (nSPS) is 20.1. The summed E-state index contributed by atoms with van der Waals surface area (Å²) in [6.45, 7) is 2.58. The van der Waals surface area contributed by atoms with Crippen LogP contribution in [0.5, 0.6) is 11.5 Å².